The Balaban J connectivity index is 1.65. The Bertz CT molecular complexity index is 953. The number of carbonyl (C=O) groups excluding carboxylic acids is 2. The van der Waals surface area contributed by atoms with Crippen LogP contribution in [0.1, 0.15) is 27.9 Å². The van der Waals surface area contributed by atoms with E-state index >= 15 is 0 Å². The second kappa shape index (κ2) is 7.10. The normalized spacial score (nSPS) is 24.4. The van der Waals surface area contributed by atoms with Gasteiger partial charge in [-0.25, -0.2) is 0 Å². The van der Waals surface area contributed by atoms with E-state index in [-0.39, 0.29) is 24.5 Å². The molecule has 0 radical (unpaired) electrons. The fourth-order valence-corrected chi connectivity index (χ4v) is 4.31. The zero-order valence-electron chi connectivity index (χ0n) is 15.7. The van der Waals surface area contributed by atoms with Gasteiger partial charge < -0.3 is 14.5 Å². The minimum absolute atomic E-state index is 0.0156. The van der Waals surface area contributed by atoms with Crippen molar-refractivity contribution in [3.8, 4) is 6.07 Å². The summed E-state index contributed by atoms with van der Waals surface area (Å²) in [6, 6.07) is 18.7. The van der Waals surface area contributed by atoms with Gasteiger partial charge in [0.15, 0.2) is 0 Å². The maximum atomic E-state index is 13.0. The molecule has 2 fully saturated rings. The zero-order chi connectivity index (χ0) is 19.7. The van der Waals surface area contributed by atoms with Crippen LogP contribution in [0.5, 0.6) is 0 Å². The molecule has 2 atom stereocenters. The van der Waals surface area contributed by atoms with Crippen molar-refractivity contribution >= 4 is 11.8 Å². The van der Waals surface area contributed by atoms with Gasteiger partial charge in [-0.1, -0.05) is 36.4 Å². The van der Waals surface area contributed by atoms with Crippen molar-refractivity contribution in [1.82, 2.24) is 9.80 Å². The zero-order valence-corrected chi connectivity index (χ0v) is 15.7. The average Bonchev–Trinajstić information content (AvgIpc) is 2.76. The molecule has 0 aromatic heterocycles. The Morgan fingerprint density at radius 1 is 1.21 bits per heavy atom. The third-order valence-corrected chi connectivity index (χ3v) is 5.86. The molecule has 0 saturated carbocycles. The molecule has 28 heavy (non-hydrogen) atoms. The number of amides is 2. The van der Waals surface area contributed by atoms with Gasteiger partial charge in [0.2, 0.25) is 5.91 Å². The molecule has 4 rings (SSSR count). The minimum Gasteiger partial charge on any atom is -0.364 e. The molecule has 0 aliphatic carbocycles. The first-order valence-electron chi connectivity index (χ1n) is 9.29. The molecule has 0 spiro atoms. The largest absolute Gasteiger partial charge is 0.364 e. The van der Waals surface area contributed by atoms with Crippen LogP contribution >= 0.6 is 0 Å². The molecule has 2 aromatic rings. The van der Waals surface area contributed by atoms with Crippen LogP contribution in [0, 0.1) is 11.3 Å². The number of rotatable bonds is 2. The van der Waals surface area contributed by atoms with Crippen molar-refractivity contribution in [3.05, 3.63) is 71.3 Å². The van der Waals surface area contributed by atoms with E-state index in [2.05, 4.69) is 6.07 Å². The van der Waals surface area contributed by atoms with Crippen LogP contribution in [0.4, 0.5) is 0 Å². The molecule has 2 amide bonds. The van der Waals surface area contributed by atoms with Gasteiger partial charge in [-0.2, -0.15) is 5.26 Å². The Morgan fingerprint density at radius 3 is 2.75 bits per heavy atom. The smallest absolute Gasteiger partial charge is 0.253 e. The summed E-state index contributed by atoms with van der Waals surface area (Å²) in [4.78, 5) is 29.0. The van der Waals surface area contributed by atoms with Crippen molar-refractivity contribution in [2.75, 3.05) is 26.7 Å². The Labute approximate surface area is 163 Å². The van der Waals surface area contributed by atoms with E-state index in [1.54, 1.807) is 34.1 Å². The second-order valence-electron chi connectivity index (χ2n) is 7.24. The quantitative estimate of drug-likeness (QED) is 0.806. The summed E-state index contributed by atoms with van der Waals surface area (Å²) < 4.78 is 5.95. The summed E-state index contributed by atoms with van der Waals surface area (Å²) in [6.07, 6.45) is 0.280. The molecule has 2 heterocycles. The van der Waals surface area contributed by atoms with Crippen LogP contribution < -0.4 is 0 Å². The van der Waals surface area contributed by atoms with E-state index in [0.29, 0.717) is 30.6 Å². The van der Waals surface area contributed by atoms with Gasteiger partial charge in [0.25, 0.3) is 5.91 Å². The summed E-state index contributed by atoms with van der Waals surface area (Å²) in [7, 11) is 1.82. The van der Waals surface area contributed by atoms with E-state index in [4.69, 9.17) is 10.00 Å². The maximum absolute atomic E-state index is 13.0. The van der Waals surface area contributed by atoms with E-state index in [9.17, 15) is 9.59 Å². The SMILES string of the molecule is CN1C(=O)CO[C@@H]2CN(C(=O)c3cccc(C#N)c3)CC[C@]21c1ccccc1. The number of carbonyl (C=O) groups is 2. The first-order chi connectivity index (χ1) is 13.6. The number of morpholine rings is 1. The van der Waals surface area contributed by atoms with E-state index in [0.717, 1.165) is 5.56 Å². The third kappa shape index (κ3) is 2.85. The van der Waals surface area contributed by atoms with Gasteiger partial charge in [0.1, 0.15) is 12.7 Å². The van der Waals surface area contributed by atoms with Crippen LogP contribution in [-0.4, -0.2) is 54.5 Å². The van der Waals surface area contributed by atoms with Crippen LogP contribution in [-0.2, 0) is 15.1 Å². The first-order valence-corrected chi connectivity index (χ1v) is 9.29. The van der Waals surface area contributed by atoms with Gasteiger partial charge in [-0.3, -0.25) is 9.59 Å². The first kappa shape index (κ1) is 18.2. The Hall–Kier alpha value is -3.17. The number of benzene rings is 2. The van der Waals surface area contributed by atoms with Gasteiger partial charge >= 0.3 is 0 Å². The summed E-state index contributed by atoms with van der Waals surface area (Å²) >= 11 is 0. The lowest BCUT2D eigenvalue weighted by Gasteiger charge is -2.54. The number of hydrogen-bond acceptors (Lipinski definition) is 4. The highest BCUT2D eigenvalue weighted by atomic mass is 16.5. The molecule has 2 aromatic carbocycles. The van der Waals surface area contributed by atoms with Crippen molar-refractivity contribution < 1.29 is 14.3 Å². The monoisotopic (exact) mass is 375 g/mol. The van der Waals surface area contributed by atoms with Gasteiger partial charge in [0.05, 0.1) is 17.2 Å². The van der Waals surface area contributed by atoms with Crippen molar-refractivity contribution in [2.24, 2.45) is 0 Å². The maximum Gasteiger partial charge on any atom is 0.253 e. The number of nitrogens with zero attached hydrogens (tertiary/aromatic N) is 3. The van der Waals surface area contributed by atoms with Crippen LogP contribution in [0.25, 0.3) is 0 Å². The number of nitriles is 1. The number of ether oxygens (including phenoxy) is 1. The molecule has 0 unspecified atom stereocenters. The summed E-state index contributed by atoms with van der Waals surface area (Å²) in [6.45, 7) is 0.909. The summed E-state index contributed by atoms with van der Waals surface area (Å²) in [5, 5.41) is 9.09. The number of piperidine rings is 1. The van der Waals surface area contributed by atoms with Crippen LogP contribution in [0.15, 0.2) is 54.6 Å². The number of likely N-dealkylation sites (N-methyl/N-ethyl adjacent to an activating group) is 1. The summed E-state index contributed by atoms with van der Waals surface area (Å²) in [5.41, 5.74) is 1.39. The fourth-order valence-electron chi connectivity index (χ4n) is 4.31. The Kier molecular flexibility index (Phi) is 4.62. The highest BCUT2D eigenvalue weighted by molar-refractivity contribution is 5.94. The van der Waals surface area contributed by atoms with Gasteiger partial charge in [-0.05, 0) is 30.2 Å². The van der Waals surface area contributed by atoms with Gasteiger partial charge in [0, 0.05) is 25.7 Å². The molecule has 6 heteroatoms. The standard InChI is InChI=1S/C22H21N3O3/c1-24-20(26)15-28-19-14-25(21(27)17-7-5-6-16(12-17)13-23)11-10-22(19,24)18-8-3-2-4-9-18/h2-9,12,19H,10-11,14-15H2,1H3/t19-,22+/m1/s1. The molecule has 2 aliphatic heterocycles. The van der Waals surface area contributed by atoms with Crippen LogP contribution in [0.2, 0.25) is 0 Å². The van der Waals surface area contributed by atoms with Crippen molar-refractivity contribution in [2.45, 2.75) is 18.1 Å². The lowest BCUT2D eigenvalue weighted by atomic mass is 9.76. The fraction of sp³-hybridized carbons (Fsp3) is 0.318. The number of hydrogen-bond donors (Lipinski definition) is 0. The molecule has 0 bridgehead atoms. The molecular weight excluding hydrogens is 354 g/mol. The topological polar surface area (TPSA) is 73.6 Å². The van der Waals surface area contributed by atoms with E-state index < -0.39 is 5.54 Å². The van der Waals surface area contributed by atoms with Crippen molar-refractivity contribution in [1.29, 1.82) is 5.26 Å². The van der Waals surface area contributed by atoms with E-state index in [1.165, 1.54) is 0 Å². The molecule has 142 valence electrons. The number of likely N-dealkylation sites (tertiary alicyclic amines) is 1. The summed E-state index contributed by atoms with van der Waals surface area (Å²) in [5.74, 6) is -0.177. The van der Waals surface area contributed by atoms with Gasteiger partial charge in [-0.15, -0.1) is 0 Å². The van der Waals surface area contributed by atoms with Crippen molar-refractivity contribution in [3.63, 3.8) is 0 Å². The average molecular weight is 375 g/mol. The highest BCUT2D eigenvalue weighted by Crippen LogP contribution is 2.42. The molecule has 2 saturated heterocycles. The molecule has 6 nitrogen and oxygen atoms in total. The predicted molar refractivity (Wildman–Crippen MR) is 102 cm³/mol. The van der Waals surface area contributed by atoms with E-state index in [1.807, 2.05) is 37.4 Å². The minimum atomic E-state index is -0.581. The molecule has 0 N–H and O–H groups in total. The molecular formula is C22H21N3O3. The lowest BCUT2D eigenvalue weighted by Crippen LogP contribution is -2.67. The number of fused-ring (bicyclic) bond motifs is 1. The lowest BCUT2D eigenvalue weighted by molar-refractivity contribution is -0.180. The third-order valence-electron chi connectivity index (χ3n) is 5.86. The predicted octanol–water partition coefficient (Wildman–Crippen LogP) is 2.16. The molecule has 2 aliphatic rings. The van der Waals surface area contributed by atoms with Crippen LogP contribution in [0.3, 0.4) is 0 Å². The Morgan fingerprint density at radius 2 is 2.00 bits per heavy atom. The second-order valence-corrected chi connectivity index (χ2v) is 7.24. The highest BCUT2D eigenvalue weighted by Gasteiger charge is 2.53.